The number of para-hydroxylation sites is 2. The highest BCUT2D eigenvalue weighted by Crippen LogP contribution is 2.29. The summed E-state index contributed by atoms with van der Waals surface area (Å²) in [7, 11) is 0. The molecule has 0 fully saturated rings. The van der Waals surface area contributed by atoms with Crippen molar-refractivity contribution >= 4 is 11.9 Å². The van der Waals surface area contributed by atoms with E-state index in [0.29, 0.717) is 11.5 Å². The van der Waals surface area contributed by atoms with E-state index < -0.39 is 0 Å². The normalized spacial score (nSPS) is 11.8. The first-order valence-electron chi connectivity index (χ1n) is 9.13. The molecular formula is C20H30O4. The number of ether oxygens (including phenoxy) is 2. The maximum atomic E-state index is 12.5. The molecule has 0 saturated carbocycles. The van der Waals surface area contributed by atoms with Gasteiger partial charge in [-0.05, 0) is 25.0 Å². The third-order valence-electron chi connectivity index (χ3n) is 3.95. The first-order valence-corrected chi connectivity index (χ1v) is 9.13. The fraction of sp³-hybridized carbons (Fsp3) is 0.600. The fourth-order valence-electron chi connectivity index (χ4n) is 2.55. The Morgan fingerprint density at radius 1 is 0.875 bits per heavy atom. The van der Waals surface area contributed by atoms with Crippen molar-refractivity contribution in [2.45, 2.75) is 72.1 Å². The van der Waals surface area contributed by atoms with Gasteiger partial charge in [-0.2, -0.15) is 0 Å². The summed E-state index contributed by atoms with van der Waals surface area (Å²) in [6.07, 6.45) is 7.46. The summed E-state index contributed by atoms with van der Waals surface area (Å²) in [5, 5.41) is 0. The molecule has 0 bridgehead atoms. The van der Waals surface area contributed by atoms with Gasteiger partial charge in [0.1, 0.15) is 0 Å². The maximum absolute atomic E-state index is 12.5. The number of unbranched alkanes of at least 4 members (excludes halogenated alkanes) is 3. The molecule has 1 aromatic carbocycles. The molecule has 134 valence electrons. The lowest BCUT2D eigenvalue weighted by Gasteiger charge is -2.16. The second-order valence-corrected chi connectivity index (χ2v) is 6.03. The first kappa shape index (κ1) is 20.2. The molecule has 1 aromatic rings. The molecule has 0 aliphatic carbocycles. The third kappa shape index (κ3) is 7.16. The summed E-state index contributed by atoms with van der Waals surface area (Å²) >= 11 is 0. The first-order chi connectivity index (χ1) is 11.6. The van der Waals surface area contributed by atoms with Gasteiger partial charge in [-0.3, -0.25) is 9.59 Å². The van der Waals surface area contributed by atoms with Gasteiger partial charge in [0.15, 0.2) is 11.5 Å². The SMILES string of the molecule is CCCCCCC(CCC)C(=O)Oc1ccccc1OC(=O)CC. The summed E-state index contributed by atoms with van der Waals surface area (Å²) in [6.45, 7) is 5.97. The molecule has 4 heteroatoms. The maximum Gasteiger partial charge on any atom is 0.314 e. The van der Waals surface area contributed by atoms with Crippen molar-refractivity contribution in [2.24, 2.45) is 5.92 Å². The van der Waals surface area contributed by atoms with E-state index in [1.807, 2.05) is 0 Å². The molecule has 1 atom stereocenters. The molecule has 0 amide bonds. The van der Waals surface area contributed by atoms with Crippen LogP contribution in [0.15, 0.2) is 24.3 Å². The fourth-order valence-corrected chi connectivity index (χ4v) is 2.55. The molecular weight excluding hydrogens is 304 g/mol. The quantitative estimate of drug-likeness (QED) is 0.313. The van der Waals surface area contributed by atoms with E-state index >= 15 is 0 Å². The molecule has 0 radical (unpaired) electrons. The summed E-state index contributed by atoms with van der Waals surface area (Å²) in [5.74, 6) is -0.0452. The number of rotatable bonds is 11. The Morgan fingerprint density at radius 2 is 1.54 bits per heavy atom. The lowest BCUT2D eigenvalue weighted by molar-refractivity contribution is -0.140. The van der Waals surface area contributed by atoms with Gasteiger partial charge in [0.2, 0.25) is 0 Å². The molecule has 0 aliphatic heterocycles. The van der Waals surface area contributed by atoms with E-state index in [9.17, 15) is 9.59 Å². The van der Waals surface area contributed by atoms with E-state index in [1.54, 1.807) is 31.2 Å². The van der Waals surface area contributed by atoms with Gasteiger partial charge in [0, 0.05) is 6.42 Å². The van der Waals surface area contributed by atoms with E-state index in [0.717, 1.165) is 32.1 Å². The predicted octanol–water partition coefficient (Wildman–Crippen LogP) is 5.29. The zero-order valence-electron chi connectivity index (χ0n) is 15.2. The summed E-state index contributed by atoms with van der Waals surface area (Å²) in [4.78, 5) is 24.0. The van der Waals surface area contributed by atoms with Crippen LogP contribution in [0.1, 0.15) is 72.1 Å². The Morgan fingerprint density at radius 3 is 2.12 bits per heavy atom. The van der Waals surface area contributed by atoms with Crippen LogP contribution in [0.3, 0.4) is 0 Å². The summed E-state index contributed by atoms with van der Waals surface area (Å²) in [5.41, 5.74) is 0. The highest BCUT2D eigenvalue weighted by molar-refractivity contribution is 5.77. The van der Waals surface area contributed by atoms with Crippen LogP contribution in [-0.4, -0.2) is 11.9 Å². The van der Waals surface area contributed by atoms with Crippen LogP contribution in [0, 0.1) is 5.92 Å². The van der Waals surface area contributed by atoms with Crippen LogP contribution in [0.5, 0.6) is 11.5 Å². The van der Waals surface area contributed by atoms with Crippen LogP contribution in [0.25, 0.3) is 0 Å². The molecule has 0 heterocycles. The largest absolute Gasteiger partial charge is 0.423 e. The molecule has 0 aromatic heterocycles. The second-order valence-electron chi connectivity index (χ2n) is 6.03. The Kier molecular flexibility index (Phi) is 9.81. The van der Waals surface area contributed by atoms with E-state index in [-0.39, 0.29) is 24.3 Å². The molecule has 0 N–H and O–H groups in total. The average molecular weight is 334 g/mol. The van der Waals surface area contributed by atoms with Gasteiger partial charge in [-0.1, -0.05) is 65.0 Å². The number of benzene rings is 1. The second kappa shape index (κ2) is 11.7. The van der Waals surface area contributed by atoms with Crippen LogP contribution >= 0.6 is 0 Å². The molecule has 4 nitrogen and oxygen atoms in total. The zero-order chi connectivity index (χ0) is 17.8. The number of carbonyl (C=O) groups excluding carboxylic acids is 2. The lowest BCUT2D eigenvalue weighted by atomic mass is 9.96. The smallest absolute Gasteiger partial charge is 0.314 e. The van der Waals surface area contributed by atoms with Crippen LogP contribution in [-0.2, 0) is 9.59 Å². The molecule has 1 rings (SSSR count). The predicted molar refractivity (Wildman–Crippen MR) is 95.2 cm³/mol. The van der Waals surface area contributed by atoms with Gasteiger partial charge < -0.3 is 9.47 Å². The zero-order valence-corrected chi connectivity index (χ0v) is 15.2. The van der Waals surface area contributed by atoms with Gasteiger partial charge in [-0.15, -0.1) is 0 Å². The van der Waals surface area contributed by atoms with Crippen molar-refractivity contribution in [3.05, 3.63) is 24.3 Å². The minimum Gasteiger partial charge on any atom is -0.423 e. The molecule has 0 spiro atoms. The highest BCUT2D eigenvalue weighted by Gasteiger charge is 2.21. The van der Waals surface area contributed by atoms with Crippen molar-refractivity contribution in [1.82, 2.24) is 0 Å². The van der Waals surface area contributed by atoms with Crippen LogP contribution < -0.4 is 9.47 Å². The standard InChI is InChI=1S/C20H30O4/c1-4-7-8-9-13-16(12-5-2)20(22)24-18-15-11-10-14-17(18)23-19(21)6-3/h10-11,14-16H,4-9,12-13H2,1-3H3. The van der Waals surface area contributed by atoms with Gasteiger partial charge in [0.05, 0.1) is 5.92 Å². The van der Waals surface area contributed by atoms with Gasteiger partial charge in [0.25, 0.3) is 0 Å². The minimum atomic E-state index is -0.344. The van der Waals surface area contributed by atoms with Gasteiger partial charge in [-0.25, -0.2) is 0 Å². The highest BCUT2D eigenvalue weighted by atomic mass is 16.6. The average Bonchev–Trinajstić information content (AvgIpc) is 2.59. The number of hydrogen-bond acceptors (Lipinski definition) is 4. The van der Waals surface area contributed by atoms with Gasteiger partial charge >= 0.3 is 11.9 Å². The number of hydrogen-bond donors (Lipinski definition) is 0. The van der Waals surface area contributed by atoms with Crippen molar-refractivity contribution in [3.63, 3.8) is 0 Å². The molecule has 0 aliphatic rings. The number of esters is 2. The van der Waals surface area contributed by atoms with E-state index in [4.69, 9.17) is 9.47 Å². The Hall–Kier alpha value is -1.84. The Labute approximate surface area is 145 Å². The van der Waals surface area contributed by atoms with Crippen LogP contribution in [0.2, 0.25) is 0 Å². The van der Waals surface area contributed by atoms with E-state index in [1.165, 1.54) is 12.8 Å². The monoisotopic (exact) mass is 334 g/mol. The topological polar surface area (TPSA) is 52.6 Å². The van der Waals surface area contributed by atoms with Crippen LogP contribution in [0.4, 0.5) is 0 Å². The van der Waals surface area contributed by atoms with Crippen molar-refractivity contribution in [2.75, 3.05) is 0 Å². The van der Waals surface area contributed by atoms with E-state index in [2.05, 4.69) is 13.8 Å². The molecule has 0 saturated heterocycles. The van der Waals surface area contributed by atoms with Crippen molar-refractivity contribution in [3.8, 4) is 11.5 Å². The lowest BCUT2D eigenvalue weighted by Crippen LogP contribution is -2.21. The summed E-state index contributed by atoms with van der Waals surface area (Å²) in [6, 6.07) is 6.83. The summed E-state index contributed by atoms with van der Waals surface area (Å²) < 4.78 is 10.8. The number of carbonyl (C=O) groups is 2. The van der Waals surface area contributed by atoms with Crippen molar-refractivity contribution in [1.29, 1.82) is 0 Å². The third-order valence-corrected chi connectivity index (χ3v) is 3.95. The van der Waals surface area contributed by atoms with Crippen molar-refractivity contribution < 1.29 is 19.1 Å². The molecule has 1 unspecified atom stereocenters. The Balaban J connectivity index is 2.70. The molecule has 24 heavy (non-hydrogen) atoms. The Bertz CT molecular complexity index is 510. The minimum absolute atomic E-state index is 0.0956.